The van der Waals surface area contributed by atoms with E-state index in [1.807, 2.05) is 60.0 Å². The number of halogens is 1. The Kier molecular flexibility index (Phi) is 6.60. The van der Waals surface area contributed by atoms with Gasteiger partial charge in [-0.2, -0.15) is 5.10 Å². The van der Waals surface area contributed by atoms with E-state index in [1.54, 1.807) is 6.20 Å². The number of hydrogen-bond acceptors (Lipinski definition) is 5. The molecule has 2 heterocycles. The lowest BCUT2D eigenvalue weighted by molar-refractivity contribution is -0.116. The van der Waals surface area contributed by atoms with Crippen LogP contribution in [0.2, 0.25) is 5.02 Å². The Balaban J connectivity index is 1.38. The molecule has 2 aromatic carbocycles. The van der Waals surface area contributed by atoms with E-state index in [-0.39, 0.29) is 12.3 Å². The summed E-state index contributed by atoms with van der Waals surface area (Å²) in [6, 6.07) is 15.7. The van der Waals surface area contributed by atoms with Crippen molar-refractivity contribution in [2.45, 2.75) is 26.3 Å². The molecule has 4 aromatic rings. The number of thiazole rings is 1. The van der Waals surface area contributed by atoms with Gasteiger partial charge in [0, 0.05) is 41.0 Å². The van der Waals surface area contributed by atoms with Gasteiger partial charge in [-0.3, -0.25) is 14.5 Å². The zero-order chi connectivity index (χ0) is 21.8. The molecule has 0 saturated carbocycles. The summed E-state index contributed by atoms with van der Waals surface area (Å²) in [4.78, 5) is 17.9. The normalized spacial score (nSPS) is 10.9. The number of nitrogens with one attached hydrogen (secondary N) is 2. The summed E-state index contributed by atoms with van der Waals surface area (Å²) < 4.78 is 2.33. The number of carbonyl (C=O) groups is 1. The fourth-order valence-electron chi connectivity index (χ4n) is 3.22. The average molecular weight is 470 g/mol. The molecule has 31 heavy (non-hydrogen) atoms. The Labute approximate surface area is 193 Å². The fraction of sp³-hybridized carbons (Fsp3) is 0.182. The highest BCUT2D eigenvalue weighted by Crippen LogP contribution is 2.23. The van der Waals surface area contributed by atoms with Crippen LogP contribution < -0.4 is 5.32 Å². The molecule has 0 bridgehead atoms. The molecule has 9 heteroatoms. The smallest absolute Gasteiger partial charge is 0.227 e. The second-order valence-electron chi connectivity index (χ2n) is 7.11. The fourth-order valence-corrected chi connectivity index (χ4v) is 4.52. The molecule has 4 rings (SSSR count). The van der Waals surface area contributed by atoms with Crippen molar-refractivity contribution < 1.29 is 4.79 Å². The van der Waals surface area contributed by atoms with Crippen molar-refractivity contribution in [1.29, 1.82) is 0 Å². The van der Waals surface area contributed by atoms with Gasteiger partial charge in [0.1, 0.15) is 0 Å². The third kappa shape index (κ3) is 5.46. The van der Waals surface area contributed by atoms with Gasteiger partial charge in [-0.15, -0.1) is 11.3 Å². The lowest BCUT2D eigenvalue weighted by Crippen LogP contribution is -2.15. The number of H-pyrrole nitrogens is 1. The maximum atomic E-state index is 12.5. The molecular weight excluding hydrogens is 450 g/mol. The molecule has 0 unspecified atom stereocenters. The van der Waals surface area contributed by atoms with Crippen LogP contribution in [0.15, 0.2) is 54.7 Å². The third-order valence-electron chi connectivity index (χ3n) is 4.66. The lowest BCUT2D eigenvalue weighted by atomic mass is 10.1. The zero-order valence-corrected chi connectivity index (χ0v) is 19.2. The number of carbonyl (C=O) groups excluding carboxylic acids is 1. The molecule has 0 spiro atoms. The topological polar surface area (TPSA) is 75.6 Å². The summed E-state index contributed by atoms with van der Waals surface area (Å²) >= 11 is 12.9. The number of hydrogen-bond donors (Lipinski definition) is 2. The van der Waals surface area contributed by atoms with Crippen LogP contribution in [0.4, 0.5) is 5.13 Å². The molecule has 0 atom stereocenters. The van der Waals surface area contributed by atoms with Crippen LogP contribution in [0.5, 0.6) is 0 Å². The van der Waals surface area contributed by atoms with Crippen LogP contribution in [0.25, 0.3) is 11.4 Å². The molecule has 0 radical (unpaired) electrons. The summed E-state index contributed by atoms with van der Waals surface area (Å²) in [7, 11) is 0. The van der Waals surface area contributed by atoms with Crippen molar-refractivity contribution >= 4 is 46.2 Å². The van der Waals surface area contributed by atoms with Crippen LogP contribution >= 0.6 is 35.2 Å². The van der Waals surface area contributed by atoms with Crippen LogP contribution in [0.1, 0.15) is 22.4 Å². The molecule has 158 valence electrons. The van der Waals surface area contributed by atoms with Gasteiger partial charge in [0.05, 0.1) is 0 Å². The molecule has 0 aliphatic carbocycles. The Bertz CT molecular complexity index is 1280. The third-order valence-corrected chi connectivity index (χ3v) is 6.12. The van der Waals surface area contributed by atoms with E-state index < -0.39 is 0 Å². The van der Waals surface area contributed by atoms with Crippen LogP contribution in [-0.2, 0) is 17.8 Å². The first-order chi connectivity index (χ1) is 15.0. The van der Waals surface area contributed by atoms with Gasteiger partial charge in [0.15, 0.2) is 15.7 Å². The van der Waals surface area contributed by atoms with Gasteiger partial charge in [-0.05, 0) is 42.9 Å². The highest BCUT2D eigenvalue weighted by Gasteiger charge is 2.12. The summed E-state index contributed by atoms with van der Waals surface area (Å²) in [5.41, 5.74) is 3.19. The van der Waals surface area contributed by atoms with Crippen molar-refractivity contribution in [3.63, 3.8) is 0 Å². The van der Waals surface area contributed by atoms with E-state index in [9.17, 15) is 4.79 Å². The number of amides is 1. The highest BCUT2D eigenvalue weighted by atomic mass is 35.5. The predicted octanol–water partition coefficient (Wildman–Crippen LogP) is 5.65. The average Bonchev–Trinajstić information content (AvgIpc) is 3.32. The molecule has 2 N–H and O–H groups in total. The van der Waals surface area contributed by atoms with Gasteiger partial charge in [-0.25, -0.2) is 4.98 Å². The summed E-state index contributed by atoms with van der Waals surface area (Å²) in [5, 5.41) is 11.3. The second-order valence-corrected chi connectivity index (χ2v) is 9.05. The number of nitrogens with zero attached hydrogens (tertiary/aromatic N) is 3. The lowest BCUT2D eigenvalue weighted by Gasteiger charge is -2.07. The minimum absolute atomic E-state index is 0.123. The minimum atomic E-state index is -0.123. The van der Waals surface area contributed by atoms with E-state index in [0.717, 1.165) is 33.8 Å². The largest absolute Gasteiger partial charge is 0.302 e. The van der Waals surface area contributed by atoms with Crippen molar-refractivity contribution in [2.24, 2.45) is 0 Å². The maximum absolute atomic E-state index is 12.5. The molecule has 0 aliphatic heterocycles. The zero-order valence-electron chi connectivity index (χ0n) is 16.8. The van der Waals surface area contributed by atoms with Gasteiger partial charge < -0.3 is 5.32 Å². The van der Waals surface area contributed by atoms with E-state index in [4.69, 9.17) is 23.8 Å². The SMILES string of the molecule is Cc1cccc(-c2n[nH]c(=S)n2CCC(=O)Nc2ncc(Cc3cccc(Cl)c3)s2)c1. The van der Waals surface area contributed by atoms with Crippen molar-refractivity contribution in [3.8, 4) is 11.4 Å². The maximum Gasteiger partial charge on any atom is 0.227 e. The highest BCUT2D eigenvalue weighted by molar-refractivity contribution is 7.71. The Hall–Kier alpha value is -2.81. The molecule has 0 fully saturated rings. The van der Waals surface area contributed by atoms with E-state index >= 15 is 0 Å². The molecule has 0 aliphatic rings. The number of aryl methyl sites for hydroxylation is 1. The second kappa shape index (κ2) is 9.55. The first-order valence-corrected chi connectivity index (χ1v) is 11.3. The summed E-state index contributed by atoms with van der Waals surface area (Å²) in [5.74, 6) is 0.599. The minimum Gasteiger partial charge on any atom is -0.302 e. The standard InChI is InChI=1S/C22H20ClN5OS2/c1-14-4-2-6-16(10-14)20-26-27-22(30)28(20)9-8-19(29)25-21-24-13-18(31-21)12-15-5-3-7-17(23)11-15/h2-7,10-11,13H,8-9,12H2,1H3,(H,27,30)(H,24,25,29). The van der Waals surface area contributed by atoms with Crippen molar-refractivity contribution in [1.82, 2.24) is 19.7 Å². The quantitative estimate of drug-likeness (QED) is 0.343. The van der Waals surface area contributed by atoms with Gasteiger partial charge >= 0.3 is 0 Å². The molecule has 0 saturated heterocycles. The summed E-state index contributed by atoms with van der Waals surface area (Å²) in [6.45, 7) is 2.45. The number of aromatic amines is 1. The van der Waals surface area contributed by atoms with Gasteiger partial charge in [0.25, 0.3) is 0 Å². The number of aromatic nitrogens is 4. The van der Waals surface area contributed by atoms with Crippen molar-refractivity contribution in [3.05, 3.63) is 80.5 Å². The van der Waals surface area contributed by atoms with Gasteiger partial charge in [0.2, 0.25) is 5.91 Å². The van der Waals surface area contributed by atoms with Crippen molar-refractivity contribution in [2.75, 3.05) is 5.32 Å². The number of benzene rings is 2. The summed E-state index contributed by atoms with van der Waals surface area (Å²) in [6.07, 6.45) is 2.76. The molecule has 1 amide bonds. The number of rotatable bonds is 7. The van der Waals surface area contributed by atoms with Crippen LogP contribution in [0, 0.1) is 11.7 Å². The molecular formula is C22H20ClN5OS2. The van der Waals surface area contributed by atoms with E-state index in [2.05, 4.69) is 20.5 Å². The predicted molar refractivity (Wildman–Crippen MR) is 127 cm³/mol. The number of anilines is 1. The monoisotopic (exact) mass is 469 g/mol. The molecule has 6 nitrogen and oxygen atoms in total. The first kappa shape index (κ1) is 21.4. The Morgan fingerprint density at radius 1 is 1.26 bits per heavy atom. The van der Waals surface area contributed by atoms with Crippen LogP contribution in [-0.4, -0.2) is 25.7 Å². The van der Waals surface area contributed by atoms with E-state index in [0.29, 0.717) is 21.5 Å². The Morgan fingerprint density at radius 2 is 2.10 bits per heavy atom. The van der Waals surface area contributed by atoms with Crippen LogP contribution in [0.3, 0.4) is 0 Å². The van der Waals surface area contributed by atoms with E-state index in [1.165, 1.54) is 11.3 Å². The molecule has 2 aromatic heterocycles. The first-order valence-electron chi connectivity index (χ1n) is 9.69. The Morgan fingerprint density at radius 3 is 2.90 bits per heavy atom. The van der Waals surface area contributed by atoms with Gasteiger partial charge in [-0.1, -0.05) is 47.5 Å².